The molecule has 1 heterocycles. The largest absolute Gasteiger partial charge is 0.326 e. The highest BCUT2D eigenvalue weighted by atomic mass is 35.5. The van der Waals surface area contributed by atoms with E-state index in [-0.39, 0.29) is 11.9 Å². The van der Waals surface area contributed by atoms with Gasteiger partial charge in [-0.2, -0.15) is 11.8 Å². The molecule has 1 aliphatic heterocycles. The van der Waals surface area contributed by atoms with Crippen LogP contribution in [0.2, 0.25) is 5.02 Å². The summed E-state index contributed by atoms with van der Waals surface area (Å²) in [6.45, 7) is 0.986. The molecule has 1 saturated heterocycles. The van der Waals surface area contributed by atoms with Crippen molar-refractivity contribution in [1.82, 2.24) is 5.32 Å². The molecule has 92 valence electrons. The van der Waals surface area contributed by atoms with Gasteiger partial charge in [0, 0.05) is 41.2 Å². The average Bonchev–Trinajstić information content (AvgIpc) is 2.30. The van der Waals surface area contributed by atoms with Gasteiger partial charge in [0.2, 0.25) is 5.91 Å². The van der Waals surface area contributed by atoms with E-state index < -0.39 is 0 Å². The van der Waals surface area contributed by atoms with E-state index in [0.29, 0.717) is 11.4 Å². The maximum Gasteiger partial charge on any atom is 0.225 e. The van der Waals surface area contributed by atoms with Crippen molar-refractivity contribution < 1.29 is 4.79 Å². The first-order chi connectivity index (χ1) is 8.24. The molecule has 0 aliphatic carbocycles. The van der Waals surface area contributed by atoms with Crippen LogP contribution in [0.1, 0.15) is 6.42 Å². The lowest BCUT2D eigenvalue weighted by atomic mass is 10.2. The van der Waals surface area contributed by atoms with Crippen LogP contribution in [0.3, 0.4) is 0 Å². The first kappa shape index (κ1) is 12.7. The molecule has 2 N–H and O–H groups in total. The monoisotopic (exact) mass is 270 g/mol. The number of amides is 1. The van der Waals surface area contributed by atoms with Crippen LogP contribution in [-0.2, 0) is 4.79 Å². The predicted octanol–water partition coefficient (Wildman–Crippen LogP) is 2.37. The normalized spacial score (nSPS) is 19.9. The van der Waals surface area contributed by atoms with E-state index in [0.717, 1.165) is 23.7 Å². The van der Waals surface area contributed by atoms with Crippen LogP contribution < -0.4 is 10.6 Å². The van der Waals surface area contributed by atoms with Crippen molar-refractivity contribution in [2.45, 2.75) is 12.5 Å². The summed E-state index contributed by atoms with van der Waals surface area (Å²) < 4.78 is 0. The third-order valence-electron chi connectivity index (χ3n) is 2.54. The van der Waals surface area contributed by atoms with E-state index in [1.807, 2.05) is 23.9 Å². The van der Waals surface area contributed by atoms with Gasteiger partial charge in [-0.05, 0) is 18.2 Å². The van der Waals surface area contributed by atoms with Gasteiger partial charge in [-0.1, -0.05) is 17.7 Å². The second kappa shape index (κ2) is 6.28. The summed E-state index contributed by atoms with van der Waals surface area (Å²) in [6.07, 6.45) is 0.513. The van der Waals surface area contributed by atoms with Crippen LogP contribution in [0.5, 0.6) is 0 Å². The standard InChI is InChI=1S/C12H15ClN2OS/c13-9-2-1-3-10(6-9)15-12(16)7-11-8-17-5-4-14-11/h1-3,6,11,14H,4-5,7-8H2,(H,15,16). The molecule has 0 bridgehead atoms. The molecule has 0 aromatic heterocycles. The molecule has 1 aromatic carbocycles. The minimum Gasteiger partial charge on any atom is -0.326 e. The fourth-order valence-electron chi connectivity index (χ4n) is 1.75. The molecule has 1 atom stereocenters. The second-order valence-corrected chi connectivity index (χ2v) is 5.57. The number of benzene rings is 1. The minimum atomic E-state index is 0.0345. The molecule has 0 radical (unpaired) electrons. The molecule has 1 fully saturated rings. The zero-order valence-corrected chi connectivity index (χ0v) is 11.0. The first-order valence-corrected chi connectivity index (χ1v) is 7.14. The van der Waals surface area contributed by atoms with Gasteiger partial charge in [-0.15, -0.1) is 0 Å². The summed E-state index contributed by atoms with van der Waals surface area (Å²) in [5, 5.41) is 6.83. The highest BCUT2D eigenvalue weighted by molar-refractivity contribution is 7.99. The number of carbonyl (C=O) groups excluding carboxylic acids is 1. The molecule has 3 nitrogen and oxygen atoms in total. The first-order valence-electron chi connectivity index (χ1n) is 5.60. The van der Waals surface area contributed by atoms with Crippen LogP contribution in [0.15, 0.2) is 24.3 Å². The molecular formula is C12H15ClN2OS. The zero-order chi connectivity index (χ0) is 12.1. The van der Waals surface area contributed by atoms with Crippen LogP contribution in [0.25, 0.3) is 0 Å². The van der Waals surface area contributed by atoms with Crippen molar-refractivity contribution in [3.05, 3.63) is 29.3 Å². The molecule has 2 rings (SSSR count). The molecule has 1 unspecified atom stereocenters. The Morgan fingerprint density at radius 1 is 1.59 bits per heavy atom. The molecule has 0 saturated carbocycles. The number of hydrogen-bond donors (Lipinski definition) is 2. The van der Waals surface area contributed by atoms with Crippen molar-refractivity contribution >= 4 is 35.0 Å². The highest BCUT2D eigenvalue weighted by Gasteiger charge is 2.16. The van der Waals surface area contributed by atoms with Gasteiger partial charge in [-0.25, -0.2) is 0 Å². The van der Waals surface area contributed by atoms with Crippen molar-refractivity contribution in [1.29, 1.82) is 0 Å². The Balaban J connectivity index is 1.84. The van der Waals surface area contributed by atoms with E-state index in [9.17, 15) is 4.79 Å². The molecule has 17 heavy (non-hydrogen) atoms. The van der Waals surface area contributed by atoms with E-state index in [2.05, 4.69) is 10.6 Å². The number of nitrogens with one attached hydrogen (secondary N) is 2. The summed E-state index contributed by atoms with van der Waals surface area (Å²) >= 11 is 7.74. The van der Waals surface area contributed by atoms with Crippen LogP contribution in [0.4, 0.5) is 5.69 Å². The lowest BCUT2D eigenvalue weighted by Crippen LogP contribution is -2.39. The van der Waals surface area contributed by atoms with Crippen LogP contribution in [0, 0.1) is 0 Å². The van der Waals surface area contributed by atoms with Crippen molar-refractivity contribution in [3.8, 4) is 0 Å². The number of thioether (sulfide) groups is 1. The van der Waals surface area contributed by atoms with E-state index in [4.69, 9.17) is 11.6 Å². The highest BCUT2D eigenvalue weighted by Crippen LogP contribution is 2.16. The van der Waals surface area contributed by atoms with E-state index >= 15 is 0 Å². The Morgan fingerprint density at radius 3 is 3.18 bits per heavy atom. The molecule has 0 spiro atoms. The third kappa shape index (κ3) is 4.22. The Bertz CT molecular complexity index is 394. The van der Waals surface area contributed by atoms with Crippen LogP contribution >= 0.6 is 23.4 Å². The SMILES string of the molecule is O=C(CC1CSCCN1)Nc1cccc(Cl)c1. The van der Waals surface area contributed by atoms with Gasteiger partial charge in [0.15, 0.2) is 0 Å². The minimum absolute atomic E-state index is 0.0345. The number of anilines is 1. The van der Waals surface area contributed by atoms with Gasteiger partial charge in [0.05, 0.1) is 0 Å². The summed E-state index contributed by atoms with van der Waals surface area (Å²) in [5.74, 6) is 2.17. The fraction of sp³-hybridized carbons (Fsp3) is 0.417. The molecular weight excluding hydrogens is 256 g/mol. The van der Waals surface area contributed by atoms with Gasteiger partial charge < -0.3 is 10.6 Å². The number of rotatable bonds is 3. The van der Waals surface area contributed by atoms with Gasteiger partial charge >= 0.3 is 0 Å². The van der Waals surface area contributed by atoms with E-state index in [1.165, 1.54) is 0 Å². The number of carbonyl (C=O) groups is 1. The van der Waals surface area contributed by atoms with Crippen molar-refractivity contribution in [2.75, 3.05) is 23.4 Å². The summed E-state index contributed by atoms with van der Waals surface area (Å²) in [4.78, 5) is 11.8. The molecule has 1 amide bonds. The number of halogens is 1. The van der Waals surface area contributed by atoms with E-state index in [1.54, 1.807) is 12.1 Å². The quantitative estimate of drug-likeness (QED) is 0.886. The third-order valence-corrected chi connectivity index (χ3v) is 3.90. The second-order valence-electron chi connectivity index (χ2n) is 3.99. The fourth-order valence-corrected chi connectivity index (χ4v) is 2.89. The smallest absolute Gasteiger partial charge is 0.225 e. The van der Waals surface area contributed by atoms with Gasteiger partial charge in [0.25, 0.3) is 0 Å². The summed E-state index contributed by atoms with van der Waals surface area (Å²) in [5.41, 5.74) is 0.756. The molecule has 1 aromatic rings. The Labute approximate surface area is 110 Å². The van der Waals surface area contributed by atoms with Crippen molar-refractivity contribution in [2.24, 2.45) is 0 Å². The predicted molar refractivity (Wildman–Crippen MR) is 73.8 cm³/mol. The molecule has 5 heteroatoms. The summed E-state index contributed by atoms with van der Waals surface area (Å²) in [6, 6.07) is 7.49. The summed E-state index contributed by atoms with van der Waals surface area (Å²) in [7, 11) is 0. The maximum atomic E-state index is 11.8. The van der Waals surface area contributed by atoms with Gasteiger partial charge in [-0.3, -0.25) is 4.79 Å². The topological polar surface area (TPSA) is 41.1 Å². The average molecular weight is 271 g/mol. The lowest BCUT2D eigenvalue weighted by Gasteiger charge is -2.22. The van der Waals surface area contributed by atoms with Crippen molar-refractivity contribution in [3.63, 3.8) is 0 Å². The van der Waals surface area contributed by atoms with Gasteiger partial charge in [0.1, 0.15) is 0 Å². The Kier molecular flexibility index (Phi) is 4.71. The number of hydrogen-bond acceptors (Lipinski definition) is 3. The lowest BCUT2D eigenvalue weighted by molar-refractivity contribution is -0.116. The van der Waals surface area contributed by atoms with Crippen LogP contribution in [-0.4, -0.2) is 30.0 Å². The Hall–Kier alpha value is -0.710. The molecule has 1 aliphatic rings. The maximum absolute atomic E-state index is 11.8. The zero-order valence-electron chi connectivity index (χ0n) is 9.41. The Morgan fingerprint density at radius 2 is 2.47 bits per heavy atom.